The van der Waals surface area contributed by atoms with Crippen LogP contribution < -0.4 is 31.4 Å². The molecule has 316 valence electrons. The first-order valence-electron chi connectivity index (χ1n) is 19.7. The van der Waals surface area contributed by atoms with Gasteiger partial charge >= 0.3 is 17.9 Å². The predicted molar refractivity (Wildman–Crippen MR) is 236 cm³/mol. The number of carbonyl (C=O) groups is 4. The number of aromatic carboxylic acids is 1. The molecule has 0 saturated carbocycles. The molecule has 1 amide bonds. The molecule has 0 unspecified atom stereocenters. The monoisotopic (exact) mass is 826 g/mol. The minimum atomic E-state index is -1.21. The van der Waals surface area contributed by atoms with Crippen molar-refractivity contribution < 1.29 is 33.8 Å². The fourth-order valence-corrected chi connectivity index (χ4v) is 7.22. The SMILES string of the molecule is CC(C)(C)c1cc2c(cc1N)OC(=O)C2(C)C.CC(C)(C)c1cc2c(cc1NC(=O)c1c[nH]c3ccccc3c1=O)OC(=O)C2(C)C.O=C(O)c1c[nH]c2ccccc2c1=O. The van der Waals surface area contributed by atoms with Crippen molar-refractivity contribution in [2.75, 3.05) is 11.1 Å². The Bertz CT molecular complexity index is 2910. The van der Waals surface area contributed by atoms with Crippen LogP contribution in [0.3, 0.4) is 0 Å². The number of aromatic amines is 2. The molecule has 61 heavy (non-hydrogen) atoms. The molecule has 4 aromatic carbocycles. The van der Waals surface area contributed by atoms with Gasteiger partial charge in [0.15, 0.2) is 0 Å². The number of nitrogens with two attached hydrogens (primary N) is 1. The van der Waals surface area contributed by atoms with E-state index in [2.05, 4.69) is 36.1 Å². The maximum Gasteiger partial charge on any atom is 0.341 e. The van der Waals surface area contributed by atoms with Crippen LogP contribution in [0.15, 0.2) is 94.8 Å². The summed E-state index contributed by atoms with van der Waals surface area (Å²) in [7, 11) is 0. The molecule has 0 saturated heterocycles. The number of H-pyrrole nitrogens is 2. The zero-order valence-corrected chi connectivity index (χ0v) is 35.9. The summed E-state index contributed by atoms with van der Waals surface area (Å²) >= 11 is 0. The standard InChI is InChI=1S/C24H24N2O4.C14H19NO2.C10H7NO3/c1-23(2,3)15-10-16-19(30-22(29)24(16,4)5)11-18(15)26-21(28)14-12-25-17-9-7-6-8-13(17)20(14)27;1-13(2,3)8-6-9-11(7-10(8)15)17-12(16)14(9,4)5;12-9-6-3-1-2-4-8(6)11-5-7(9)10(13)14/h6-12H,1-5H3,(H,25,27)(H,26,28);6-7H,15H2,1-5H3;1-5H,(H,11,12)(H,13,14). The highest BCUT2D eigenvalue weighted by Gasteiger charge is 2.43. The van der Waals surface area contributed by atoms with Crippen LogP contribution in [0.1, 0.15) is 112 Å². The summed E-state index contributed by atoms with van der Waals surface area (Å²) < 4.78 is 10.7. The number of aromatic nitrogens is 2. The van der Waals surface area contributed by atoms with Gasteiger partial charge in [-0.1, -0.05) is 65.8 Å². The van der Waals surface area contributed by atoms with Gasteiger partial charge in [0.05, 0.1) is 10.8 Å². The van der Waals surface area contributed by atoms with Crippen LogP contribution in [0.2, 0.25) is 0 Å². The van der Waals surface area contributed by atoms with Crippen molar-refractivity contribution in [1.29, 1.82) is 0 Å². The van der Waals surface area contributed by atoms with Gasteiger partial charge in [-0.15, -0.1) is 0 Å². The number of hydrogen-bond acceptors (Lipinski definition) is 9. The van der Waals surface area contributed by atoms with Crippen LogP contribution in [-0.2, 0) is 31.2 Å². The number of carboxylic acids is 1. The number of hydrogen-bond donors (Lipinski definition) is 5. The zero-order chi connectivity index (χ0) is 45.0. The van der Waals surface area contributed by atoms with Crippen molar-refractivity contribution in [3.63, 3.8) is 0 Å². The highest BCUT2D eigenvalue weighted by Crippen LogP contribution is 2.46. The Hall–Kier alpha value is -7.02. The molecular weight excluding hydrogens is 777 g/mol. The Morgan fingerprint density at radius 2 is 1.07 bits per heavy atom. The average Bonchev–Trinajstić information content (AvgIpc) is 3.53. The summed E-state index contributed by atoms with van der Waals surface area (Å²) in [5, 5.41) is 12.4. The molecule has 6 aromatic rings. The van der Waals surface area contributed by atoms with E-state index in [1.807, 2.05) is 66.7 Å². The summed E-state index contributed by atoms with van der Waals surface area (Å²) in [6.45, 7) is 19.8. The Kier molecular flexibility index (Phi) is 11.1. The molecule has 0 bridgehead atoms. The molecule has 2 aromatic heterocycles. The number of fused-ring (bicyclic) bond motifs is 4. The summed E-state index contributed by atoms with van der Waals surface area (Å²) in [5.41, 5.74) is 9.48. The van der Waals surface area contributed by atoms with Crippen LogP contribution in [0.5, 0.6) is 11.5 Å². The molecule has 6 N–H and O–H groups in total. The van der Waals surface area contributed by atoms with E-state index in [9.17, 15) is 28.8 Å². The topological polar surface area (TPSA) is 211 Å². The lowest BCUT2D eigenvalue weighted by molar-refractivity contribution is -0.137. The van der Waals surface area contributed by atoms with Gasteiger partial charge in [0.1, 0.15) is 22.6 Å². The third-order valence-corrected chi connectivity index (χ3v) is 11.0. The first-order valence-corrected chi connectivity index (χ1v) is 19.7. The third-order valence-electron chi connectivity index (χ3n) is 11.0. The van der Waals surface area contributed by atoms with E-state index in [-0.39, 0.29) is 39.3 Å². The van der Waals surface area contributed by atoms with Crippen LogP contribution in [0, 0.1) is 0 Å². The number of nitrogen functional groups attached to an aromatic ring is 1. The van der Waals surface area contributed by atoms with Gasteiger partial charge in [0.25, 0.3) is 5.91 Å². The third kappa shape index (κ3) is 8.28. The number of pyridine rings is 2. The Morgan fingerprint density at radius 1 is 0.639 bits per heavy atom. The molecule has 0 aliphatic carbocycles. The first kappa shape index (κ1) is 43.6. The number of esters is 2. The van der Waals surface area contributed by atoms with Crippen molar-refractivity contribution in [1.82, 2.24) is 9.97 Å². The van der Waals surface area contributed by atoms with E-state index in [1.165, 1.54) is 12.4 Å². The van der Waals surface area contributed by atoms with Crippen molar-refractivity contribution >= 4 is 57.0 Å². The molecule has 2 aliphatic rings. The van der Waals surface area contributed by atoms with Gasteiger partial charge in [-0.05, 0) is 86.1 Å². The number of para-hydroxylation sites is 2. The maximum absolute atomic E-state index is 13.0. The highest BCUT2D eigenvalue weighted by atomic mass is 16.5. The van der Waals surface area contributed by atoms with E-state index < -0.39 is 28.1 Å². The quantitative estimate of drug-likeness (QED) is 0.0655. The molecule has 0 radical (unpaired) electrons. The van der Waals surface area contributed by atoms with Gasteiger partial charge in [-0.25, -0.2) is 4.79 Å². The van der Waals surface area contributed by atoms with E-state index >= 15 is 0 Å². The lowest BCUT2D eigenvalue weighted by Crippen LogP contribution is -2.26. The molecule has 8 rings (SSSR count). The van der Waals surface area contributed by atoms with Crippen LogP contribution in [-0.4, -0.2) is 38.9 Å². The smallest absolute Gasteiger partial charge is 0.341 e. The molecule has 13 nitrogen and oxygen atoms in total. The van der Waals surface area contributed by atoms with Crippen molar-refractivity contribution in [2.45, 2.75) is 90.9 Å². The van der Waals surface area contributed by atoms with E-state index in [0.29, 0.717) is 44.7 Å². The lowest BCUT2D eigenvalue weighted by Gasteiger charge is -2.25. The normalized spacial score (nSPS) is 14.7. The summed E-state index contributed by atoms with van der Waals surface area (Å²) in [6.07, 6.45) is 2.64. The minimum absolute atomic E-state index is 0.0198. The van der Waals surface area contributed by atoms with E-state index in [1.54, 1.807) is 54.6 Å². The maximum atomic E-state index is 13.0. The predicted octanol–water partition coefficient (Wildman–Crippen LogP) is 8.26. The number of amides is 1. The number of carboxylic acid groups (broad SMARTS) is 1. The van der Waals surface area contributed by atoms with Gasteiger partial charge < -0.3 is 35.6 Å². The first-order chi connectivity index (χ1) is 28.3. The second-order valence-electron chi connectivity index (χ2n) is 18.3. The second kappa shape index (κ2) is 15.5. The van der Waals surface area contributed by atoms with Gasteiger partial charge in [0.2, 0.25) is 10.9 Å². The van der Waals surface area contributed by atoms with Gasteiger partial charge in [-0.2, -0.15) is 0 Å². The van der Waals surface area contributed by atoms with Crippen LogP contribution in [0.25, 0.3) is 21.8 Å². The molecule has 2 aliphatic heterocycles. The number of nitrogens with one attached hydrogen (secondary N) is 3. The van der Waals surface area contributed by atoms with E-state index in [4.69, 9.17) is 20.3 Å². The van der Waals surface area contributed by atoms with Gasteiger partial charge in [0, 0.05) is 68.8 Å². The Labute approximate surface area is 352 Å². The molecule has 13 heteroatoms. The summed E-state index contributed by atoms with van der Waals surface area (Å²) in [5.74, 6) is -1.23. The lowest BCUT2D eigenvalue weighted by atomic mass is 9.79. The Balaban J connectivity index is 0.000000169. The fourth-order valence-electron chi connectivity index (χ4n) is 7.22. The van der Waals surface area contributed by atoms with Crippen molar-refractivity contribution in [2.24, 2.45) is 0 Å². The minimum Gasteiger partial charge on any atom is -0.477 e. The largest absolute Gasteiger partial charge is 0.477 e. The number of carbonyl (C=O) groups excluding carboxylic acids is 3. The molecule has 0 atom stereocenters. The Morgan fingerprint density at radius 3 is 1.54 bits per heavy atom. The molecule has 4 heterocycles. The number of benzene rings is 4. The summed E-state index contributed by atoms with van der Waals surface area (Å²) in [4.78, 5) is 77.8. The fraction of sp³-hybridized carbons (Fsp3) is 0.292. The van der Waals surface area contributed by atoms with Crippen LogP contribution >= 0.6 is 0 Å². The molecular formula is C48H50N4O9. The average molecular weight is 827 g/mol. The van der Waals surface area contributed by atoms with Crippen molar-refractivity contribution in [3.8, 4) is 11.5 Å². The zero-order valence-electron chi connectivity index (χ0n) is 35.9. The molecule has 0 fully saturated rings. The van der Waals surface area contributed by atoms with Gasteiger partial charge in [-0.3, -0.25) is 24.0 Å². The number of rotatable bonds is 3. The summed E-state index contributed by atoms with van der Waals surface area (Å²) in [6, 6.07) is 21.2. The second-order valence-corrected chi connectivity index (χ2v) is 18.3. The highest BCUT2D eigenvalue weighted by molar-refractivity contribution is 6.06. The van der Waals surface area contributed by atoms with Crippen LogP contribution in [0.4, 0.5) is 11.4 Å². The number of anilines is 2. The van der Waals surface area contributed by atoms with E-state index in [0.717, 1.165) is 22.3 Å². The molecule has 0 spiro atoms. The number of ether oxygens (including phenoxy) is 2. The van der Waals surface area contributed by atoms with Crippen molar-refractivity contribution in [3.05, 3.63) is 139 Å².